The Kier molecular flexibility index (Phi) is 5.42. The third-order valence-electron chi connectivity index (χ3n) is 3.13. The van der Waals surface area contributed by atoms with E-state index in [2.05, 4.69) is 15.6 Å². The molecule has 0 radical (unpaired) electrons. The number of thiophene rings is 1. The van der Waals surface area contributed by atoms with Crippen molar-refractivity contribution >= 4 is 45.7 Å². The molecule has 2 N–H and O–H groups in total. The van der Waals surface area contributed by atoms with Gasteiger partial charge < -0.3 is 9.73 Å². The molecular weight excluding hydrogens is 358 g/mol. The average molecular weight is 373 g/mol. The minimum Gasteiger partial charge on any atom is -0.458 e. The summed E-state index contributed by atoms with van der Waals surface area (Å²) in [6, 6.07) is 5.51. The van der Waals surface area contributed by atoms with Crippen molar-refractivity contribution in [3.05, 3.63) is 51.7 Å². The van der Waals surface area contributed by atoms with Crippen LogP contribution in [0.3, 0.4) is 0 Å². The number of carbonyl (C=O) groups excluding carboxylic acids is 2. The van der Waals surface area contributed by atoms with Gasteiger partial charge in [-0.05, 0) is 40.6 Å². The zero-order valence-electron chi connectivity index (χ0n) is 13.3. The third kappa shape index (κ3) is 4.88. The van der Waals surface area contributed by atoms with Crippen molar-refractivity contribution in [3.63, 3.8) is 0 Å². The van der Waals surface area contributed by atoms with Crippen LogP contribution < -0.4 is 10.6 Å². The Labute approximate surface area is 152 Å². The van der Waals surface area contributed by atoms with Gasteiger partial charge in [0.05, 0.1) is 6.54 Å². The second kappa shape index (κ2) is 7.91. The summed E-state index contributed by atoms with van der Waals surface area (Å²) in [5.41, 5.74) is 1.62. The van der Waals surface area contributed by atoms with Crippen LogP contribution in [-0.2, 0) is 16.1 Å². The molecule has 3 heterocycles. The molecule has 3 aromatic rings. The lowest BCUT2D eigenvalue weighted by Gasteiger charge is -1.97. The summed E-state index contributed by atoms with van der Waals surface area (Å²) in [6.07, 6.45) is 3.22. The first-order valence-electron chi connectivity index (χ1n) is 7.40. The first kappa shape index (κ1) is 17.1. The van der Waals surface area contributed by atoms with Crippen LogP contribution in [0, 0.1) is 0 Å². The highest BCUT2D eigenvalue weighted by atomic mass is 32.1. The molecule has 3 rings (SSSR count). The summed E-state index contributed by atoms with van der Waals surface area (Å²) in [5, 5.41) is 11.6. The Morgan fingerprint density at radius 1 is 1.28 bits per heavy atom. The Hall–Kier alpha value is -2.71. The van der Waals surface area contributed by atoms with Gasteiger partial charge in [0.2, 0.25) is 11.8 Å². The van der Waals surface area contributed by atoms with Gasteiger partial charge in [0.15, 0.2) is 10.9 Å². The summed E-state index contributed by atoms with van der Waals surface area (Å²) >= 11 is 2.90. The molecule has 0 aromatic carbocycles. The second-order valence-corrected chi connectivity index (χ2v) is 6.73. The molecule has 3 aromatic heterocycles. The third-order valence-corrected chi connectivity index (χ3v) is 4.59. The van der Waals surface area contributed by atoms with E-state index in [0.717, 1.165) is 5.56 Å². The van der Waals surface area contributed by atoms with Crippen molar-refractivity contribution in [3.8, 4) is 11.5 Å². The molecule has 0 unspecified atom stereocenters. The summed E-state index contributed by atoms with van der Waals surface area (Å²) in [4.78, 5) is 27.2. The SMILES string of the molecule is CC(=O)NCc1ccc(-c2csc(NC(=O)/C=C/c3ccsc3)n2)o1. The number of rotatable bonds is 6. The van der Waals surface area contributed by atoms with Gasteiger partial charge in [0, 0.05) is 18.4 Å². The molecule has 128 valence electrons. The van der Waals surface area contributed by atoms with E-state index < -0.39 is 0 Å². The van der Waals surface area contributed by atoms with Crippen molar-refractivity contribution < 1.29 is 14.0 Å². The van der Waals surface area contributed by atoms with Crippen molar-refractivity contribution in [1.82, 2.24) is 10.3 Å². The molecule has 0 aliphatic heterocycles. The smallest absolute Gasteiger partial charge is 0.250 e. The highest BCUT2D eigenvalue weighted by molar-refractivity contribution is 7.14. The monoisotopic (exact) mass is 373 g/mol. The maximum atomic E-state index is 11.9. The molecule has 0 atom stereocenters. The van der Waals surface area contributed by atoms with Gasteiger partial charge >= 0.3 is 0 Å². The number of hydrogen-bond acceptors (Lipinski definition) is 6. The molecule has 8 heteroatoms. The van der Waals surface area contributed by atoms with E-state index >= 15 is 0 Å². The van der Waals surface area contributed by atoms with Crippen LogP contribution in [-0.4, -0.2) is 16.8 Å². The van der Waals surface area contributed by atoms with Gasteiger partial charge in [0.1, 0.15) is 11.5 Å². The summed E-state index contributed by atoms with van der Waals surface area (Å²) < 4.78 is 5.64. The number of hydrogen-bond donors (Lipinski definition) is 2. The highest BCUT2D eigenvalue weighted by Gasteiger charge is 2.10. The van der Waals surface area contributed by atoms with Gasteiger partial charge in [0.25, 0.3) is 0 Å². The molecule has 0 aliphatic carbocycles. The molecule has 0 saturated carbocycles. The lowest BCUT2D eigenvalue weighted by Crippen LogP contribution is -2.18. The van der Waals surface area contributed by atoms with E-state index in [-0.39, 0.29) is 11.8 Å². The fourth-order valence-corrected chi connectivity index (χ4v) is 3.29. The molecule has 6 nitrogen and oxygen atoms in total. The summed E-state index contributed by atoms with van der Waals surface area (Å²) in [6.45, 7) is 1.78. The van der Waals surface area contributed by atoms with E-state index in [1.807, 2.05) is 16.8 Å². The van der Waals surface area contributed by atoms with Crippen molar-refractivity contribution in [2.45, 2.75) is 13.5 Å². The molecule has 0 saturated heterocycles. The number of furan rings is 1. The summed E-state index contributed by atoms with van der Waals surface area (Å²) in [7, 11) is 0. The van der Waals surface area contributed by atoms with E-state index in [4.69, 9.17) is 4.42 Å². The largest absolute Gasteiger partial charge is 0.458 e. The Balaban J connectivity index is 1.60. The number of anilines is 1. The standard InChI is InChI=1S/C17H15N3O3S2/c1-11(21)18-8-13-3-4-15(23-13)14-10-25-17(19-14)20-16(22)5-2-12-6-7-24-9-12/h2-7,9-10H,8H2,1H3,(H,18,21)(H,19,20,22)/b5-2+. The average Bonchev–Trinajstić information content (AvgIpc) is 3.32. The molecule has 0 bridgehead atoms. The van der Waals surface area contributed by atoms with Crippen molar-refractivity contribution in [1.29, 1.82) is 0 Å². The van der Waals surface area contributed by atoms with Crippen LogP contribution in [0.15, 0.2) is 44.8 Å². The van der Waals surface area contributed by atoms with Crippen LogP contribution in [0.1, 0.15) is 18.2 Å². The first-order valence-corrected chi connectivity index (χ1v) is 9.23. The fourth-order valence-electron chi connectivity index (χ4n) is 1.96. The quantitative estimate of drug-likeness (QED) is 0.645. The normalized spacial score (nSPS) is 10.9. The van der Waals surface area contributed by atoms with Gasteiger partial charge in [-0.1, -0.05) is 0 Å². The maximum absolute atomic E-state index is 11.9. The number of aromatic nitrogens is 1. The van der Waals surface area contributed by atoms with Crippen LogP contribution in [0.25, 0.3) is 17.5 Å². The van der Waals surface area contributed by atoms with Gasteiger partial charge in [-0.2, -0.15) is 11.3 Å². The van der Waals surface area contributed by atoms with Gasteiger partial charge in [-0.3, -0.25) is 14.9 Å². The van der Waals surface area contributed by atoms with Crippen LogP contribution in [0.4, 0.5) is 5.13 Å². The Bertz CT molecular complexity index is 894. The Morgan fingerprint density at radius 2 is 2.16 bits per heavy atom. The fraction of sp³-hybridized carbons (Fsp3) is 0.118. The maximum Gasteiger partial charge on any atom is 0.250 e. The van der Waals surface area contributed by atoms with Crippen LogP contribution in [0.5, 0.6) is 0 Å². The minimum absolute atomic E-state index is 0.118. The molecule has 0 fully saturated rings. The topological polar surface area (TPSA) is 84.2 Å². The van der Waals surface area contributed by atoms with Gasteiger partial charge in [-0.25, -0.2) is 4.98 Å². The number of thiazole rings is 1. The Morgan fingerprint density at radius 3 is 2.92 bits per heavy atom. The molecule has 2 amide bonds. The number of nitrogens with one attached hydrogen (secondary N) is 2. The summed E-state index contributed by atoms with van der Waals surface area (Å²) in [5.74, 6) is 0.874. The first-order chi connectivity index (χ1) is 12.1. The second-order valence-electron chi connectivity index (χ2n) is 5.09. The van der Waals surface area contributed by atoms with Crippen molar-refractivity contribution in [2.75, 3.05) is 5.32 Å². The zero-order chi connectivity index (χ0) is 17.6. The molecular formula is C17H15N3O3S2. The van der Waals surface area contributed by atoms with E-state index in [1.165, 1.54) is 24.3 Å². The molecule has 25 heavy (non-hydrogen) atoms. The van der Waals surface area contributed by atoms with Crippen LogP contribution >= 0.6 is 22.7 Å². The highest BCUT2D eigenvalue weighted by Crippen LogP contribution is 2.26. The zero-order valence-corrected chi connectivity index (χ0v) is 14.9. The van der Waals surface area contributed by atoms with E-state index in [9.17, 15) is 9.59 Å². The lowest BCUT2D eigenvalue weighted by molar-refractivity contribution is -0.119. The van der Waals surface area contributed by atoms with Crippen molar-refractivity contribution in [2.24, 2.45) is 0 Å². The van der Waals surface area contributed by atoms with Gasteiger partial charge in [-0.15, -0.1) is 11.3 Å². The predicted octanol–water partition coefficient (Wildman–Crippen LogP) is 3.75. The van der Waals surface area contributed by atoms with E-state index in [1.54, 1.807) is 34.9 Å². The minimum atomic E-state index is -0.238. The number of nitrogens with zero attached hydrogens (tertiary/aromatic N) is 1. The molecule has 0 spiro atoms. The predicted molar refractivity (Wildman–Crippen MR) is 99.3 cm³/mol. The number of carbonyl (C=O) groups is 2. The van der Waals surface area contributed by atoms with Crippen LogP contribution in [0.2, 0.25) is 0 Å². The molecule has 0 aliphatic rings. The van der Waals surface area contributed by atoms with E-state index in [0.29, 0.717) is 28.9 Å². The number of amides is 2. The lowest BCUT2D eigenvalue weighted by atomic mass is 10.3.